The molecule has 0 radical (unpaired) electrons. The van der Waals surface area contributed by atoms with Crippen LogP contribution in [0, 0.1) is 5.41 Å². The Hall–Kier alpha value is -0.570. The van der Waals surface area contributed by atoms with Crippen LogP contribution in [-0.4, -0.2) is 29.4 Å². The summed E-state index contributed by atoms with van der Waals surface area (Å²) in [4.78, 5) is 14.4. The first-order chi connectivity index (χ1) is 8.46. The van der Waals surface area contributed by atoms with Crippen LogP contribution in [0.3, 0.4) is 0 Å². The minimum atomic E-state index is -0.169. The van der Waals surface area contributed by atoms with Gasteiger partial charge in [-0.25, -0.2) is 0 Å². The predicted molar refractivity (Wildman–Crippen MR) is 74.2 cm³/mol. The minimum absolute atomic E-state index is 0.169. The van der Waals surface area contributed by atoms with Gasteiger partial charge in [-0.2, -0.15) is 0 Å². The number of carbonyl (C=O) groups is 1. The van der Waals surface area contributed by atoms with Crippen LogP contribution in [0.4, 0.5) is 0 Å². The molecule has 1 saturated carbocycles. The number of nitrogens with two attached hydrogens (primary N) is 1. The molecular weight excluding hydrogens is 224 g/mol. The average Bonchev–Trinajstić information content (AvgIpc) is 2.50. The van der Waals surface area contributed by atoms with E-state index < -0.39 is 0 Å². The molecule has 3 heteroatoms. The molecule has 3 nitrogen and oxygen atoms in total. The maximum atomic E-state index is 12.3. The van der Waals surface area contributed by atoms with Gasteiger partial charge in [-0.05, 0) is 43.9 Å². The van der Waals surface area contributed by atoms with Gasteiger partial charge in [-0.3, -0.25) is 4.79 Å². The molecule has 2 rings (SSSR count). The second kappa shape index (κ2) is 5.20. The Morgan fingerprint density at radius 3 is 2.44 bits per heavy atom. The maximum Gasteiger partial charge on any atom is 0.224 e. The van der Waals surface area contributed by atoms with E-state index in [-0.39, 0.29) is 11.4 Å². The Bertz CT molecular complexity index is 312. The molecule has 1 atom stereocenters. The number of hydrogen-bond acceptors (Lipinski definition) is 2. The molecule has 1 saturated heterocycles. The third-order valence-electron chi connectivity index (χ3n) is 5.25. The number of carbonyl (C=O) groups excluding carboxylic acids is 1. The molecule has 0 unspecified atom stereocenters. The average molecular weight is 252 g/mol. The lowest BCUT2D eigenvalue weighted by atomic mass is 9.75. The van der Waals surface area contributed by atoms with Gasteiger partial charge in [0.25, 0.3) is 0 Å². The number of likely N-dealkylation sites (tertiary alicyclic amines) is 1. The van der Waals surface area contributed by atoms with E-state index in [1.165, 1.54) is 19.3 Å². The molecule has 0 spiro atoms. The van der Waals surface area contributed by atoms with Crippen LogP contribution in [-0.2, 0) is 4.79 Å². The van der Waals surface area contributed by atoms with Crippen molar-refractivity contribution in [1.29, 1.82) is 0 Å². The van der Waals surface area contributed by atoms with Crippen molar-refractivity contribution in [3.63, 3.8) is 0 Å². The van der Waals surface area contributed by atoms with Gasteiger partial charge in [0.05, 0.1) is 0 Å². The van der Waals surface area contributed by atoms with Crippen LogP contribution in [0.15, 0.2) is 0 Å². The van der Waals surface area contributed by atoms with E-state index in [9.17, 15) is 4.79 Å². The van der Waals surface area contributed by atoms with E-state index in [0.717, 1.165) is 38.8 Å². The second-order valence-corrected chi connectivity index (χ2v) is 6.79. The van der Waals surface area contributed by atoms with Crippen molar-refractivity contribution in [2.75, 3.05) is 13.1 Å². The Morgan fingerprint density at radius 2 is 1.89 bits per heavy atom. The molecule has 0 aromatic rings. The fourth-order valence-corrected chi connectivity index (χ4v) is 3.16. The predicted octanol–water partition coefficient (Wildman–Crippen LogP) is 2.69. The van der Waals surface area contributed by atoms with Crippen LogP contribution in [0.1, 0.15) is 65.2 Å². The zero-order chi connectivity index (χ0) is 13.2. The zero-order valence-corrected chi connectivity index (χ0v) is 12.0. The van der Waals surface area contributed by atoms with Crippen LogP contribution in [0.2, 0.25) is 0 Å². The van der Waals surface area contributed by atoms with E-state index in [1.54, 1.807) is 0 Å². The van der Waals surface area contributed by atoms with Gasteiger partial charge in [0.15, 0.2) is 0 Å². The topological polar surface area (TPSA) is 46.3 Å². The fraction of sp³-hybridized carbons (Fsp3) is 0.933. The Morgan fingerprint density at radius 1 is 1.17 bits per heavy atom. The van der Waals surface area contributed by atoms with Crippen molar-refractivity contribution in [3.05, 3.63) is 0 Å². The van der Waals surface area contributed by atoms with E-state index in [2.05, 4.69) is 18.7 Å². The van der Waals surface area contributed by atoms with Crippen LogP contribution in [0.25, 0.3) is 0 Å². The number of rotatable bonds is 3. The summed E-state index contributed by atoms with van der Waals surface area (Å²) in [5.74, 6) is 0.289. The summed E-state index contributed by atoms with van der Waals surface area (Å²) < 4.78 is 0. The quantitative estimate of drug-likeness (QED) is 0.839. The molecule has 2 aliphatic rings. The summed E-state index contributed by atoms with van der Waals surface area (Å²) in [6, 6.07) is 0. The number of hydrogen-bond donors (Lipinski definition) is 1. The Labute approximate surface area is 111 Å². The van der Waals surface area contributed by atoms with E-state index in [0.29, 0.717) is 11.8 Å². The molecule has 0 aromatic carbocycles. The van der Waals surface area contributed by atoms with Gasteiger partial charge >= 0.3 is 0 Å². The van der Waals surface area contributed by atoms with Gasteiger partial charge in [-0.15, -0.1) is 0 Å². The van der Waals surface area contributed by atoms with E-state index in [4.69, 9.17) is 5.73 Å². The molecule has 2 fully saturated rings. The summed E-state index contributed by atoms with van der Waals surface area (Å²) in [5.41, 5.74) is 6.45. The molecule has 1 aliphatic carbocycles. The zero-order valence-electron chi connectivity index (χ0n) is 12.0. The van der Waals surface area contributed by atoms with Gasteiger partial charge < -0.3 is 10.6 Å². The second-order valence-electron chi connectivity index (χ2n) is 6.79. The molecular formula is C15H28N2O. The lowest BCUT2D eigenvalue weighted by Gasteiger charge is -2.39. The summed E-state index contributed by atoms with van der Waals surface area (Å²) in [6.07, 6.45) is 8.57. The van der Waals surface area contributed by atoms with Gasteiger partial charge in [0.2, 0.25) is 5.91 Å². The minimum Gasteiger partial charge on any atom is -0.343 e. The van der Waals surface area contributed by atoms with Crippen LogP contribution < -0.4 is 5.73 Å². The molecule has 1 heterocycles. The van der Waals surface area contributed by atoms with Crippen molar-refractivity contribution >= 4 is 5.91 Å². The van der Waals surface area contributed by atoms with E-state index in [1.807, 2.05) is 0 Å². The molecule has 1 amide bonds. The van der Waals surface area contributed by atoms with Crippen molar-refractivity contribution in [3.8, 4) is 0 Å². The molecule has 0 aromatic heterocycles. The van der Waals surface area contributed by atoms with Crippen molar-refractivity contribution in [2.24, 2.45) is 11.1 Å². The molecule has 0 bridgehead atoms. The highest BCUT2D eigenvalue weighted by atomic mass is 16.2. The van der Waals surface area contributed by atoms with Crippen molar-refractivity contribution in [1.82, 2.24) is 4.90 Å². The third-order valence-corrected chi connectivity index (χ3v) is 5.25. The Balaban J connectivity index is 1.87. The third kappa shape index (κ3) is 3.05. The summed E-state index contributed by atoms with van der Waals surface area (Å²) in [7, 11) is 0. The lowest BCUT2D eigenvalue weighted by molar-refractivity contribution is -0.133. The summed E-state index contributed by atoms with van der Waals surface area (Å²) in [6.45, 7) is 6.49. The molecule has 2 N–H and O–H groups in total. The molecule has 18 heavy (non-hydrogen) atoms. The number of amides is 1. The normalized spacial score (nSPS) is 31.6. The largest absolute Gasteiger partial charge is 0.343 e. The standard InChI is InChI=1S/C15H28N2O/c1-3-14(2)6-5-10-17(11-9-14)13(18)12-15(16)7-4-8-15/h3-12,16H2,1-2H3/t14-/m1/s1. The molecule has 104 valence electrons. The summed E-state index contributed by atoms with van der Waals surface area (Å²) in [5, 5.41) is 0. The van der Waals surface area contributed by atoms with Crippen LogP contribution in [0.5, 0.6) is 0 Å². The monoisotopic (exact) mass is 252 g/mol. The first kappa shape index (κ1) is 13.9. The molecule has 1 aliphatic heterocycles. The SMILES string of the molecule is CC[C@]1(C)CCCN(C(=O)CC2(N)CCC2)CC1. The highest BCUT2D eigenvalue weighted by Gasteiger charge is 2.36. The van der Waals surface area contributed by atoms with Gasteiger partial charge in [0.1, 0.15) is 0 Å². The van der Waals surface area contributed by atoms with E-state index >= 15 is 0 Å². The van der Waals surface area contributed by atoms with Gasteiger partial charge in [0, 0.05) is 25.0 Å². The first-order valence-electron chi connectivity index (χ1n) is 7.53. The maximum absolute atomic E-state index is 12.3. The lowest BCUT2D eigenvalue weighted by Crippen LogP contribution is -2.50. The highest BCUT2D eigenvalue weighted by Crippen LogP contribution is 2.36. The fourth-order valence-electron chi connectivity index (χ4n) is 3.16. The first-order valence-corrected chi connectivity index (χ1v) is 7.53. The van der Waals surface area contributed by atoms with Crippen LogP contribution >= 0.6 is 0 Å². The smallest absolute Gasteiger partial charge is 0.224 e. The summed E-state index contributed by atoms with van der Waals surface area (Å²) >= 11 is 0. The highest BCUT2D eigenvalue weighted by molar-refractivity contribution is 5.77. The van der Waals surface area contributed by atoms with Crippen molar-refractivity contribution in [2.45, 2.75) is 70.8 Å². The number of nitrogens with zero attached hydrogens (tertiary/aromatic N) is 1. The van der Waals surface area contributed by atoms with Crippen molar-refractivity contribution < 1.29 is 4.79 Å². The Kier molecular flexibility index (Phi) is 4.00. The van der Waals surface area contributed by atoms with Gasteiger partial charge in [-0.1, -0.05) is 20.3 Å².